The van der Waals surface area contributed by atoms with Crippen molar-refractivity contribution in [3.8, 4) is 0 Å². The molecule has 13 heavy (non-hydrogen) atoms. The summed E-state index contributed by atoms with van der Waals surface area (Å²) in [7, 11) is -4.35. The molecule has 1 amide bonds. The van der Waals surface area contributed by atoms with E-state index in [4.69, 9.17) is 15.5 Å². The molecular weight excluding hydrogens is 217 g/mol. The van der Waals surface area contributed by atoms with E-state index in [1.54, 1.807) is 0 Å². The van der Waals surface area contributed by atoms with E-state index < -0.39 is 13.7 Å². The quantitative estimate of drug-likeness (QED) is 0.401. The highest BCUT2D eigenvalue weighted by atomic mass is 32.2. The zero-order valence-electron chi connectivity index (χ0n) is 6.75. The summed E-state index contributed by atoms with van der Waals surface area (Å²) in [6, 6.07) is 0. The summed E-state index contributed by atoms with van der Waals surface area (Å²) in [6.07, 6.45) is 1.28. The average Bonchev–Trinajstić information content (AvgIpc) is 1.93. The Kier molecular flexibility index (Phi) is 6.36. The number of carbonyl (C=O) groups is 1. The van der Waals surface area contributed by atoms with Gasteiger partial charge in [0.2, 0.25) is 5.91 Å². The van der Waals surface area contributed by atoms with Crippen LogP contribution in [-0.4, -0.2) is 33.8 Å². The van der Waals surface area contributed by atoms with Gasteiger partial charge in [-0.05, 0) is 0 Å². The Morgan fingerprint density at radius 3 is 2.69 bits per heavy atom. The van der Waals surface area contributed by atoms with Crippen molar-refractivity contribution in [2.24, 2.45) is 5.73 Å². The zero-order valence-corrected chi connectivity index (χ0v) is 8.46. The minimum absolute atomic E-state index is 0.0540. The van der Waals surface area contributed by atoms with Crippen LogP contribution in [0.15, 0.2) is 0 Å². The zero-order chi connectivity index (χ0) is 10.3. The number of carbonyl (C=O) groups excluding carboxylic acids is 1. The topological polar surface area (TPSA) is 110 Å². The van der Waals surface area contributed by atoms with Crippen molar-refractivity contribution in [1.82, 2.24) is 0 Å². The summed E-state index contributed by atoms with van der Waals surface area (Å²) < 4.78 is 14.3. The fourth-order valence-electron chi connectivity index (χ4n) is 0.440. The molecule has 0 aliphatic rings. The lowest BCUT2D eigenvalue weighted by Crippen LogP contribution is -2.12. The van der Waals surface area contributed by atoms with Crippen molar-refractivity contribution in [2.45, 2.75) is 0 Å². The molecule has 0 saturated heterocycles. The number of nitrogens with two attached hydrogens (primary N) is 1. The Morgan fingerprint density at radius 2 is 2.23 bits per heavy atom. The lowest BCUT2D eigenvalue weighted by Gasteiger charge is -2.03. The van der Waals surface area contributed by atoms with Crippen LogP contribution in [-0.2, 0) is 13.9 Å². The Bertz CT molecular complexity index is 205. The number of rotatable bonds is 7. The number of phosphoric acid groups is 1. The second-order valence-electron chi connectivity index (χ2n) is 2.01. The van der Waals surface area contributed by atoms with Gasteiger partial charge in [-0.15, -0.1) is 0 Å². The van der Waals surface area contributed by atoms with E-state index in [2.05, 4.69) is 4.52 Å². The third kappa shape index (κ3) is 11.9. The van der Waals surface area contributed by atoms with E-state index in [0.29, 0.717) is 11.5 Å². The molecule has 0 rings (SSSR count). The molecule has 1 radical (unpaired) electrons. The SMILES string of the molecule is NC(=O)[CH]CSCCOP(=O)(O)O. The van der Waals surface area contributed by atoms with Crippen molar-refractivity contribution in [3.63, 3.8) is 0 Å². The Balaban J connectivity index is 3.18. The molecule has 8 heteroatoms. The van der Waals surface area contributed by atoms with Crippen molar-refractivity contribution >= 4 is 25.5 Å². The number of primary amides is 1. The second kappa shape index (κ2) is 6.39. The number of hydrogen-bond acceptors (Lipinski definition) is 4. The third-order valence-electron chi connectivity index (χ3n) is 0.890. The third-order valence-corrected chi connectivity index (χ3v) is 2.27. The molecule has 0 aromatic rings. The van der Waals surface area contributed by atoms with Crippen LogP contribution in [0.3, 0.4) is 0 Å². The summed E-state index contributed by atoms with van der Waals surface area (Å²) in [5, 5.41) is 0. The molecule has 4 N–H and O–H groups in total. The molecule has 0 atom stereocenters. The average molecular weight is 228 g/mol. The fourth-order valence-corrected chi connectivity index (χ4v) is 1.54. The van der Waals surface area contributed by atoms with Gasteiger partial charge in [0, 0.05) is 11.5 Å². The minimum atomic E-state index is -4.35. The predicted molar refractivity (Wildman–Crippen MR) is 48.8 cm³/mol. The first-order valence-corrected chi connectivity index (χ1v) is 6.01. The van der Waals surface area contributed by atoms with Crippen molar-refractivity contribution < 1.29 is 23.7 Å². The minimum Gasteiger partial charge on any atom is -0.369 e. The van der Waals surface area contributed by atoms with Gasteiger partial charge in [0.25, 0.3) is 0 Å². The maximum Gasteiger partial charge on any atom is 0.469 e. The smallest absolute Gasteiger partial charge is 0.369 e. The van der Waals surface area contributed by atoms with Crippen LogP contribution in [0.5, 0.6) is 0 Å². The molecule has 0 heterocycles. The van der Waals surface area contributed by atoms with Gasteiger partial charge in [-0.3, -0.25) is 9.32 Å². The van der Waals surface area contributed by atoms with Gasteiger partial charge in [-0.1, -0.05) is 0 Å². The van der Waals surface area contributed by atoms with Crippen LogP contribution in [0, 0.1) is 6.42 Å². The van der Waals surface area contributed by atoms with E-state index >= 15 is 0 Å². The largest absolute Gasteiger partial charge is 0.469 e. The fraction of sp³-hybridized carbons (Fsp3) is 0.600. The molecule has 0 spiro atoms. The van der Waals surface area contributed by atoms with Crippen LogP contribution in [0.2, 0.25) is 0 Å². The Hall–Kier alpha value is -0.0700. The molecule has 6 nitrogen and oxygen atoms in total. The van der Waals surface area contributed by atoms with E-state index in [1.165, 1.54) is 18.2 Å². The van der Waals surface area contributed by atoms with Crippen LogP contribution >= 0.6 is 19.6 Å². The van der Waals surface area contributed by atoms with Gasteiger partial charge in [0.05, 0.1) is 13.0 Å². The van der Waals surface area contributed by atoms with Crippen LogP contribution in [0.25, 0.3) is 0 Å². The first kappa shape index (κ1) is 12.9. The summed E-state index contributed by atoms with van der Waals surface area (Å²) in [5.74, 6) is 0.303. The predicted octanol–water partition coefficient (Wildman–Crippen LogP) is -0.482. The molecular formula is C5H11NO5PS. The molecule has 0 saturated carbocycles. The van der Waals surface area contributed by atoms with Gasteiger partial charge in [0.1, 0.15) is 0 Å². The molecule has 0 fully saturated rings. The molecule has 0 bridgehead atoms. The lowest BCUT2D eigenvalue weighted by molar-refractivity contribution is -0.114. The summed E-state index contributed by atoms with van der Waals surface area (Å²) >= 11 is 1.30. The normalized spacial score (nSPS) is 11.5. The van der Waals surface area contributed by atoms with Crippen molar-refractivity contribution in [1.29, 1.82) is 0 Å². The van der Waals surface area contributed by atoms with Crippen molar-refractivity contribution in [2.75, 3.05) is 18.1 Å². The van der Waals surface area contributed by atoms with Gasteiger partial charge < -0.3 is 15.5 Å². The van der Waals surface area contributed by atoms with Crippen LogP contribution < -0.4 is 5.73 Å². The molecule has 0 aliphatic heterocycles. The van der Waals surface area contributed by atoms with Crippen LogP contribution in [0.4, 0.5) is 0 Å². The highest BCUT2D eigenvalue weighted by Gasteiger charge is 2.12. The van der Waals surface area contributed by atoms with E-state index in [-0.39, 0.29) is 6.61 Å². The maximum absolute atomic E-state index is 10.2. The molecule has 0 aliphatic carbocycles. The first-order valence-electron chi connectivity index (χ1n) is 3.32. The van der Waals surface area contributed by atoms with Gasteiger partial charge in [-0.25, -0.2) is 4.57 Å². The van der Waals surface area contributed by atoms with Crippen molar-refractivity contribution in [3.05, 3.63) is 6.42 Å². The summed E-state index contributed by atoms with van der Waals surface area (Å²) in [5.41, 5.74) is 4.81. The number of amides is 1. The van der Waals surface area contributed by atoms with E-state index in [1.807, 2.05) is 0 Å². The van der Waals surface area contributed by atoms with Gasteiger partial charge >= 0.3 is 7.82 Å². The molecule has 0 aromatic heterocycles. The number of hydrogen-bond donors (Lipinski definition) is 3. The monoisotopic (exact) mass is 228 g/mol. The maximum atomic E-state index is 10.2. The first-order chi connectivity index (χ1) is 5.92. The Labute approximate surface area is 80.1 Å². The van der Waals surface area contributed by atoms with E-state index in [9.17, 15) is 9.36 Å². The molecule has 77 valence electrons. The summed E-state index contributed by atoms with van der Waals surface area (Å²) in [4.78, 5) is 26.7. The van der Waals surface area contributed by atoms with Crippen LogP contribution in [0.1, 0.15) is 0 Å². The second-order valence-corrected chi connectivity index (χ2v) is 4.39. The van der Waals surface area contributed by atoms with Gasteiger partial charge in [-0.2, -0.15) is 11.8 Å². The standard InChI is InChI=1S/C5H11NO5PS/c6-5(7)1-3-13-4-2-11-12(8,9)10/h1H,2-4H2,(H2,6,7)(H2,8,9,10). The summed E-state index contributed by atoms with van der Waals surface area (Å²) in [6.45, 7) is -0.0540. The van der Waals surface area contributed by atoms with Gasteiger partial charge in [0.15, 0.2) is 0 Å². The Morgan fingerprint density at radius 1 is 1.62 bits per heavy atom. The lowest BCUT2D eigenvalue weighted by atomic mass is 10.5. The highest BCUT2D eigenvalue weighted by molar-refractivity contribution is 7.99. The highest BCUT2D eigenvalue weighted by Crippen LogP contribution is 2.35. The van der Waals surface area contributed by atoms with E-state index in [0.717, 1.165) is 0 Å². The number of phosphoric ester groups is 1. The molecule has 0 unspecified atom stereocenters. The number of thioether (sulfide) groups is 1. The molecule has 0 aromatic carbocycles.